The van der Waals surface area contributed by atoms with Gasteiger partial charge >= 0.3 is 0 Å². The third-order valence-electron chi connectivity index (χ3n) is 2.70. The number of hydrogen-bond acceptors (Lipinski definition) is 4. The molecule has 0 spiro atoms. The highest BCUT2D eigenvalue weighted by atomic mass is 32.2. The molecule has 3 N–H and O–H groups in total. The molecule has 8 heteroatoms. The Morgan fingerprint density at radius 3 is 2.52 bits per heavy atom. The summed E-state index contributed by atoms with van der Waals surface area (Å²) < 4.78 is 57.8. The van der Waals surface area contributed by atoms with Crippen molar-refractivity contribution in [3.8, 4) is 5.75 Å². The number of benzene rings is 2. The molecule has 0 aromatic heterocycles. The number of nitrogens with one attached hydrogen (secondary N) is 1. The van der Waals surface area contributed by atoms with Gasteiger partial charge in [0.25, 0.3) is 10.0 Å². The molecule has 0 aliphatic heterocycles. The summed E-state index contributed by atoms with van der Waals surface area (Å²) >= 11 is 0. The smallest absolute Gasteiger partial charge is 0.264 e. The van der Waals surface area contributed by atoms with Gasteiger partial charge in [-0.15, -0.1) is 0 Å². The maximum Gasteiger partial charge on any atom is 0.264 e. The molecule has 0 aliphatic carbocycles. The second-order valence-corrected chi connectivity index (χ2v) is 5.76. The molecule has 0 saturated carbocycles. The van der Waals surface area contributed by atoms with Gasteiger partial charge in [-0.2, -0.15) is 0 Å². The molecule has 0 bridgehead atoms. The zero-order chi connectivity index (χ0) is 15.6. The molecule has 0 unspecified atom stereocenters. The van der Waals surface area contributed by atoms with Crippen molar-refractivity contribution < 1.29 is 21.9 Å². The minimum Gasteiger partial charge on any atom is -0.497 e. The van der Waals surface area contributed by atoms with Gasteiger partial charge in [0.15, 0.2) is 11.6 Å². The Hall–Kier alpha value is -2.35. The number of halogens is 2. The van der Waals surface area contributed by atoms with E-state index < -0.39 is 27.3 Å². The molecular weight excluding hydrogens is 302 g/mol. The molecule has 0 aliphatic rings. The van der Waals surface area contributed by atoms with Crippen molar-refractivity contribution in [1.82, 2.24) is 0 Å². The maximum absolute atomic E-state index is 13.5. The molecule has 2 aromatic rings. The highest BCUT2D eigenvalue weighted by Crippen LogP contribution is 2.26. The van der Waals surface area contributed by atoms with Gasteiger partial charge in [0.2, 0.25) is 0 Å². The van der Waals surface area contributed by atoms with Crippen LogP contribution in [0, 0.1) is 11.6 Å². The lowest BCUT2D eigenvalue weighted by molar-refractivity contribution is 0.414. The highest BCUT2D eigenvalue weighted by molar-refractivity contribution is 7.92. The predicted octanol–water partition coefficient (Wildman–Crippen LogP) is 2.36. The zero-order valence-corrected chi connectivity index (χ0v) is 11.7. The van der Waals surface area contributed by atoms with E-state index in [-0.39, 0.29) is 10.6 Å². The summed E-state index contributed by atoms with van der Waals surface area (Å²) in [5, 5.41) is 0. The average molecular weight is 314 g/mol. The van der Waals surface area contributed by atoms with Crippen LogP contribution in [0.15, 0.2) is 41.3 Å². The van der Waals surface area contributed by atoms with Crippen LogP contribution in [0.25, 0.3) is 0 Å². The SMILES string of the molecule is COc1ccc(S(=O)(=O)Nc2cccc(F)c2F)c(N)c1. The first-order valence-electron chi connectivity index (χ1n) is 5.75. The zero-order valence-electron chi connectivity index (χ0n) is 10.9. The monoisotopic (exact) mass is 314 g/mol. The standard InChI is InChI=1S/C13H12F2N2O3S/c1-20-8-5-6-12(10(16)7-8)21(18,19)17-11-4-2-3-9(14)13(11)15/h2-7,17H,16H2,1H3. The molecule has 21 heavy (non-hydrogen) atoms. The van der Waals surface area contributed by atoms with Gasteiger partial charge in [0.05, 0.1) is 18.5 Å². The summed E-state index contributed by atoms with van der Waals surface area (Å²) in [6.45, 7) is 0. The van der Waals surface area contributed by atoms with E-state index in [0.717, 1.165) is 12.1 Å². The van der Waals surface area contributed by atoms with Crippen LogP contribution in [0.4, 0.5) is 20.2 Å². The van der Waals surface area contributed by atoms with E-state index in [4.69, 9.17) is 10.5 Å². The summed E-state index contributed by atoms with van der Waals surface area (Å²) in [5.41, 5.74) is 5.07. The van der Waals surface area contributed by atoms with Gasteiger partial charge in [0, 0.05) is 6.07 Å². The summed E-state index contributed by atoms with van der Waals surface area (Å²) in [5.74, 6) is -2.06. The average Bonchev–Trinajstić information content (AvgIpc) is 2.43. The lowest BCUT2D eigenvalue weighted by Gasteiger charge is -2.11. The number of ether oxygens (including phenoxy) is 1. The Labute approximate surface area is 120 Å². The van der Waals surface area contributed by atoms with E-state index in [2.05, 4.69) is 0 Å². The van der Waals surface area contributed by atoms with Gasteiger partial charge in [0.1, 0.15) is 10.6 Å². The number of anilines is 2. The summed E-state index contributed by atoms with van der Waals surface area (Å²) in [4.78, 5) is -0.257. The van der Waals surface area contributed by atoms with Gasteiger partial charge in [-0.1, -0.05) is 6.07 Å². The fourth-order valence-corrected chi connectivity index (χ4v) is 2.85. The first kappa shape index (κ1) is 15.0. The van der Waals surface area contributed by atoms with E-state index in [1.54, 1.807) is 0 Å². The van der Waals surface area contributed by atoms with Crippen LogP contribution in [-0.2, 0) is 10.0 Å². The van der Waals surface area contributed by atoms with E-state index in [1.807, 2.05) is 4.72 Å². The fourth-order valence-electron chi connectivity index (χ4n) is 1.68. The number of sulfonamides is 1. The van der Waals surface area contributed by atoms with Crippen molar-refractivity contribution in [2.24, 2.45) is 0 Å². The second-order valence-electron chi connectivity index (χ2n) is 4.11. The molecule has 5 nitrogen and oxygen atoms in total. The Morgan fingerprint density at radius 2 is 1.90 bits per heavy atom. The lowest BCUT2D eigenvalue weighted by Crippen LogP contribution is -2.16. The van der Waals surface area contributed by atoms with E-state index in [9.17, 15) is 17.2 Å². The summed E-state index contributed by atoms with van der Waals surface area (Å²) in [6.07, 6.45) is 0. The van der Waals surface area contributed by atoms with Gasteiger partial charge < -0.3 is 10.5 Å². The minimum absolute atomic E-state index is 0.0707. The van der Waals surface area contributed by atoms with Gasteiger partial charge in [-0.25, -0.2) is 17.2 Å². The molecule has 112 valence electrons. The van der Waals surface area contributed by atoms with Crippen molar-refractivity contribution in [2.75, 3.05) is 17.6 Å². The predicted molar refractivity (Wildman–Crippen MR) is 74.6 cm³/mol. The minimum atomic E-state index is -4.15. The van der Waals surface area contributed by atoms with Crippen LogP contribution in [0.1, 0.15) is 0 Å². The number of methoxy groups -OCH3 is 1. The highest BCUT2D eigenvalue weighted by Gasteiger charge is 2.20. The first-order chi connectivity index (χ1) is 9.85. The number of nitrogens with two attached hydrogens (primary N) is 1. The Balaban J connectivity index is 2.41. The Morgan fingerprint density at radius 1 is 1.19 bits per heavy atom. The summed E-state index contributed by atoms with van der Waals surface area (Å²) in [6, 6.07) is 7.11. The molecule has 0 amide bonds. The van der Waals surface area contributed by atoms with Crippen LogP contribution in [-0.4, -0.2) is 15.5 Å². The normalized spacial score (nSPS) is 11.2. The molecule has 0 fully saturated rings. The van der Waals surface area contributed by atoms with Gasteiger partial charge in [-0.3, -0.25) is 4.72 Å². The van der Waals surface area contributed by atoms with Crippen LogP contribution in [0.2, 0.25) is 0 Å². The van der Waals surface area contributed by atoms with Crippen LogP contribution >= 0.6 is 0 Å². The maximum atomic E-state index is 13.5. The largest absolute Gasteiger partial charge is 0.497 e. The number of hydrogen-bond donors (Lipinski definition) is 2. The van der Waals surface area contributed by atoms with Gasteiger partial charge in [-0.05, 0) is 24.3 Å². The molecule has 2 aromatic carbocycles. The molecular formula is C13H12F2N2O3S. The summed E-state index contributed by atoms with van der Waals surface area (Å²) in [7, 11) is -2.74. The van der Waals surface area contributed by atoms with Crippen LogP contribution in [0.5, 0.6) is 5.75 Å². The third-order valence-corrected chi connectivity index (χ3v) is 4.14. The lowest BCUT2D eigenvalue weighted by atomic mass is 10.3. The Bertz CT molecular complexity index is 779. The quantitative estimate of drug-likeness (QED) is 0.849. The second kappa shape index (κ2) is 5.57. The number of nitrogen functional groups attached to an aromatic ring is 1. The first-order valence-corrected chi connectivity index (χ1v) is 7.24. The van der Waals surface area contributed by atoms with E-state index >= 15 is 0 Å². The van der Waals surface area contributed by atoms with Crippen molar-refractivity contribution in [1.29, 1.82) is 0 Å². The molecule has 0 saturated heterocycles. The van der Waals surface area contributed by atoms with E-state index in [0.29, 0.717) is 5.75 Å². The topological polar surface area (TPSA) is 81.4 Å². The Kier molecular flexibility index (Phi) is 3.99. The van der Waals surface area contributed by atoms with Crippen LogP contribution in [0.3, 0.4) is 0 Å². The molecule has 0 radical (unpaired) electrons. The van der Waals surface area contributed by atoms with Crippen molar-refractivity contribution in [3.05, 3.63) is 48.0 Å². The van der Waals surface area contributed by atoms with Crippen molar-refractivity contribution in [3.63, 3.8) is 0 Å². The van der Waals surface area contributed by atoms with E-state index in [1.165, 1.54) is 31.4 Å². The van der Waals surface area contributed by atoms with Crippen molar-refractivity contribution >= 4 is 21.4 Å². The van der Waals surface area contributed by atoms with Crippen molar-refractivity contribution in [2.45, 2.75) is 4.90 Å². The fraction of sp³-hybridized carbons (Fsp3) is 0.0769. The molecule has 2 rings (SSSR count). The number of rotatable bonds is 4. The molecule has 0 atom stereocenters. The third kappa shape index (κ3) is 3.05. The molecule has 0 heterocycles. The van der Waals surface area contributed by atoms with Crippen LogP contribution < -0.4 is 15.2 Å².